The lowest BCUT2D eigenvalue weighted by Crippen LogP contribution is -2.00. The molecule has 2 nitrogen and oxygen atoms in total. The molecule has 1 heterocycles. The minimum Gasteiger partial charge on any atom is -0.155 e. The normalized spacial score (nSPS) is 10.6. The van der Waals surface area contributed by atoms with Crippen molar-refractivity contribution in [1.82, 2.24) is 10.2 Å². The first-order valence-electron chi connectivity index (χ1n) is 8.91. The molecule has 4 rings (SSSR count). The summed E-state index contributed by atoms with van der Waals surface area (Å²) in [4.78, 5) is 0. The van der Waals surface area contributed by atoms with Gasteiger partial charge in [0.2, 0.25) is 0 Å². The van der Waals surface area contributed by atoms with Gasteiger partial charge in [0.25, 0.3) is 0 Å². The van der Waals surface area contributed by atoms with Gasteiger partial charge in [0.1, 0.15) is 5.69 Å². The standard InChI is InChI=1S/C24H20N2/c1-4-10-19(11-5-1)16-17-22-18-23(20-12-6-2-7-13-20)24(26-25-22)21-14-8-3-9-15-21/h1-15,18H,16-17H2. The Balaban J connectivity index is 1.70. The maximum atomic E-state index is 4.59. The number of rotatable bonds is 5. The molecule has 0 N–H and O–H groups in total. The molecule has 0 saturated heterocycles. The minimum absolute atomic E-state index is 0.881. The molecule has 26 heavy (non-hydrogen) atoms. The minimum atomic E-state index is 0.881. The number of aryl methyl sites for hydroxylation is 2. The molecule has 4 aromatic rings. The van der Waals surface area contributed by atoms with Crippen LogP contribution in [0.15, 0.2) is 97.1 Å². The Morgan fingerprint density at radius 2 is 1.12 bits per heavy atom. The van der Waals surface area contributed by atoms with Gasteiger partial charge in [-0.2, -0.15) is 5.10 Å². The molecule has 3 aromatic carbocycles. The van der Waals surface area contributed by atoms with Crippen LogP contribution in [-0.2, 0) is 12.8 Å². The van der Waals surface area contributed by atoms with Gasteiger partial charge < -0.3 is 0 Å². The lowest BCUT2D eigenvalue weighted by molar-refractivity contribution is 0.863. The largest absolute Gasteiger partial charge is 0.155 e. The molecule has 0 atom stereocenters. The third-order valence-electron chi connectivity index (χ3n) is 4.49. The highest BCUT2D eigenvalue weighted by molar-refractivity contribution is 5.80. The Labute approximate surface area is 154 Å². The van der Waals surface area contributed by atoms with Gasteiger partial charge in [0.15, 0.2) is 0 Å². The van der Waals surface area contributed by atoms with Gasteiger partial charge in [0, 0.05) is 11.1 Å². The third kappa shape index (κ3) is 3.70. The van der Waals surface area contributed by atoms with Crippen LogP contribution in [0.4, 0.5) is 0 Å². The Morgan fingerprint density at radius 3 is 1.77 bits per heavy atom. The van der Waals surface area contributed by atoms with E-state index in [1.54, 1.807) is 0 Å². The van der Waals surface area contributed by atoms with Crippen LogP contribution in [0, 0.1) is 0 Å². The summed E-state index contributed by atoms with van der Waals surface area (Å²) in [5.41, 5.74) is 6.67. The third-order valence-corrected chi connectivity index (χ3v) is 4.49. The molecule has 0 saturated carbocycles. The van der Waals surface area contributed by atoms with E-state index < -0.39 is 0 Å². The smallest absolute Gasteiger partial charge is 0.101 e. The number of nitrogens with zero attached hydrogens (tertiary/aromatic N) is 2. The fourth-order valence-electron chi connectivity index (χ4n) is 3.12. The van der Waals surface area contributed by atoms with E-state index in [-0.39, 0.29) is 0 Å². The predicted octanol–water partition coefficient (Wildman–Crippen LogP) is 5.60. The van der Waals surface area contributed by atoms with Gasteiger partial charge in [-0.05, 0) is 30.0 Å². The van der Waals surface area contributed by atoms with Crippen LogP contribution in [0.3, 0.4) is 0 Å². The van der Waals surface area contributed by atoms with Gasteiger partial charge in [0.05, 0.1) is 5.69 Å². The Kier molecular flexibility index (Phi) is 4.83. The van der Waals surface area contributed by atoms with E-state index >= 15 is 0 Å². The summed E-state index contributed by atoms with van der Waals surface area (Å²) in [6.07, 6.45) is 1.85. The van der Waals surface area contributed by atoms with Crippen molar-refractivity contribution < 1.29 is 0 Å². The summed E-state index contributed by atoms with van der Waals surface area (Å²) < 4.78 is 0. The van der Waals surface area contributed by atoms with E-state index in [0.717, 1.165) is 35.4 Å². The van der Waals surface area contributed by atoms with Gasteiger partial charge in [-0.15, -0.1) is 5.10 Å². The van der Waals surface area contributed by atoms with E-state index in [9.17, 15) is 0 Å². The molecule has 0 fully saturated rings. The maximum Gasteiger partial charge on any atom is 0.101 e. The van der Waals surface area contributed by atoms with Crippen LogP contribution in [-0.4, -0.2) is 10.2 Å². The Hall–Kier alpha value is -3.26. The first-order chi connectivity index (χ1) is 12.9. The molecule has 0 aliphatic heterocycles. The highest BCUT2D eigenvalue weighted by Gasteiger charge is 2.11. The van der Waals surface area contributed by atoms with Crippen molar-refractivity contribution >= 4 is 0 Å². The lowest BCUT2D eigenvalue weighted by Gasteiger charge is -2.11. The van der Waals surface area contributed by atoms with Gasteiger partial charge in [-0.1, -0.05) is 91.0 Å². The summed E-state index contributed by atoms with van der Waals surface area (Å²) in [5.74, 6) is 0. The Bertz CT molecular complexity index is 965. The Morgan fingerprint density at radius 1 is 0.538 bits per heavy atom. The highest BCUT2D eigenvalue weighted by atomic mass is 15.1. The van der Waals surface area contributed by atoms with Crippen LogP contribution >= 0.6 is 0 Å². The SMILES string of the molecule is c1ccc(CCc2cc(-c3ccccc3)c(-c3ccccc3)nn2)cc1. The van der Waals surface area contributed by atoms with Gasteiger partial charge in [-0.3, -0.25) is 0 Å². The number of benzene rings is 3. The average molecular weight is 336 g/mol. The van der Waals surface area contributed by atoms with E-state index in [2.05, 4.69) is 76.9 Å². The molecular formula is C24H20N2. The molecule has 126 valence electrons. The molecule has 0 spiro atoms. The fraction of sp³-hybridized carbons (Fsp3) is 0.0833. The summed E-state index contributed by atoms with van der Waals surface area (Å²) in [5, 5.41) is 9.09. The molecule has 0 aliphatic carbocycles. The topological polar surface area (TPSA) is 25.8 Å². The number of hydrogen-bond donors (Lipinski definition) is 0. The van der Waals surface area contributed by atoms with Crippen LogP contribution < -0.4 is 0 Å². The van der Waals surface area contributed by atoms with E-state index in [1.165, 1.54) is 11.1 Å². The van der Waals surface area contributed by atoms with Crippen LogP contribution in [0.5, 0.6) is 0 Å². The van der Waals surface area contributed by atoms with Crippen LogP contribution in [0.2, 0.25) is 0 Å². The summed E-state index contributed by atoms with van der Waals surface area (Å²) >= 11 is 0. The van der Waals surface area contributed by atoms with Crippen molar-refractivity contribution in [2.45, 2.75) is 12.8 Å². The summed E-state index contributed by atoms with van der Waals surface area (Å²) in [6.45, 7) is 0. The molecule has 0 unspecified atom stereocenters. The second-order valence-corrected chi connectivity index (χ2v) is 6.32. The second-order valence-electron chi connectivity index (χ2n) is 6.32. The predicted molar refractivity (Wildman–Crippen MR) is 107 cm³/mol. The van der Waals surface area contributed by atoms with Gasteiger partial charge in [-0.25, -0.2) is 0 Å². The van der Waals surface area contributed by atoms with Crippen molar-refractivity contribution in [1.29, 1.82) is 0 Å². The van der Waals surface area contributed by atoms with E-state index in [0.29, 0.717) is 0 Å². The van der Waals surface area contributed by atoms with Crippen molar-refractivity contribution in [3.8, 4) is 22.4 Å². The fourth-order valence-corrected chi connectivity index (χ4v) is 3.12. The zero-order chi connectivity index (χ0) is 17.6. The van der Waals surface area contributed by atoms with Crippen LogP contribution in [0.1, 0.15) is 11.3 Å². The molecule has 2 heteroatoms. The summed E-state index contributed by atoms with van der Waals surface area (Å²) in [7, 11) is 0. The molecule has 0 amide bonds. The van der Waals surface area contributed by atoms with E-state index in [4.69, 9.17) is 0 Å². The maximum absolute atomic E-state index is 4.59. The zero-order valence-corrected chi connectivity index (χ0v) is 14.5. The second kappa shape index (κ2) is 7.75. The first-order valence-corrected chi connectivity index (χ1v) is 8.91. The molecule has 0 radical (unpaired) electrons. The van der Waals surface area contributed by atoms with Crippen molar-refractivity contribution in [3.05, 3.63) is 108 Å². The number of aromatic nitrogens is 2. The van der Waals surface area contributed by atoms with Crippen molar-refractivity contribution in [2.24, 2.45) is 0 Å². The average Bonchev–Trinajstić information content (AvgIpc) is 2.74. The molecular weight excluding hydrogens is 316 g/mol. The quantitative estimate of drug-likeness (QED) is 0.474. The van der Waals surface area contributed by atoms with Gasteiger partial charge >= 0.3 is 0 Å². The zero-order valence-electron chi connectivity index (χ0n) is 14.5. The first kappa shape index (κ1) is 16.2. The molecule has 0 aliphatic rings. The van der Waals surface area contributed by atoms with Crippen molar-refractivity contribution in [2.75, 3.05) is 0 Å². The summed E-state index contributed by atoms with van der Waals surface area (Å²) in [6, 6.07) is 33.4. The number of hydrogen-bond acceptors (Lipinski definition) is 2. The molecule has 0 bridgehead atoms. The van der Waals surface area contributed by atoms with E-state index in [1.807, 2.05) is 30.3 Å². The monoisotopic (exact) mass is 336 g/mol. The molecule has 1 aromatic heterocycles. The van der Waals surface area contributed by atoms with Crippen LogP contribution in [0.25, 0.3) is 22.4 Å². The lowest BCUT2D eigenvalue weighted by atomic mass is 9.98. The van der Waals surface area contributed by atoms with Crippen molar-refractivity contribution in [3.63, 3.8) is 0 Å². The highest BCUT2D eigenvalue weighted by Crippen LogP contribution is 2.30.